The van der Waals surface area contributed by atoms with Gasteiger partial charge < -0.3 is 9.80 Å². The lowest BCUT2D eigenvalue weighted by atomic mass is 9.87. The van der Waals surface area contributed by atoms with E-state index in [0.29, 0.717) is 0 Å². The number of allylic oxidation sites excluding steroid dienone is 1. The van der Waals surface area contributed by atoms with Crippen molar-refractivity contribution >= 4 is 11.9 Å². The van der Waals surface area contributed by atoms with E-state index in [2.05, 4.69) is 30.7 Å². The van der Waals surface area contributed by atoms with E-state index in [1.54, 1.807) is 6.08 Å². The van der Waals surface area contributed by atoms with E-state index in [4.69, 9.17) is 0 Å². The highest BCUT2D eigenvalue weighted by atomic mass is 16.1. The molecule has 0 bridgehead atoms. The van der Waals surface area contributed by atoms with E-state index in [1.165, 1.54) is 0 Å². The van der Waals surface area contributed by atoms with Crippen molar-refractivity contribution in [3.63, 3.8) is 0 Å². The molecule has 23 heavy (non-hydrogen) atoms. The van der Waals surface area contributed by atoms with Crippen LogP contribution in [0.5, 0.6) is 0 Å². The Balaban J connectivity index is 2.53. The van der Waals surface area contributed by atoms with Gasteiger partial charge in [-0.15, -0.1) is 0 Å². The van der Waals surface area contributed by atoms with Crippen molar-refractivity contribution in [1.82, 2.24) is 9.80 Å². The molecule has 0 saturated heterocycles. The van der Waals surface area contributed by atoms with Crippen LogP contribution >= 0.6 is 0 Å². The number of likely N-dealkylation sites (N-methyl/N-ethyl adjacent to an activating group) is 2. The van der Waals surface area contributed by atoms with Crippen LogP contribution in [-0.4, -0.2) is 55.4 Å². The summed E-state index contributed by atoms with van der Waals surface area (Å²) in [5.74, 6) is 0.177. The summed E-state index contributed by atoms with van der Waals surface area (Å²) >= 11 is 0. The zero-order valence-corrected chi connectivity index (χ0v) is 15.4. The minimum atomic E-state index is -0.372. The van der Waals surface area contributed by atoms with E-state index < -0.39 is 0 Å². The molecule has 1 rings (SSSR count). The highest BCUT2D eigenvalue weighted by Crippen LogP contribution is 2.19. The highest BCUT2D eigenvalue weighted by Gasteiger charge is 2.26. The average molecular weight is 316 g/mol. The zero-order chi connectivity index (χ0) is 17.3. The monoisotopic (exact) mass is 316 g/mol. The molecule has 0 spiro atoms. The topological polar surface area (TPSA) is 23.6 Å². The van der Waals surface area contributed by atoms with Crippen molar-refractivity contribution in [2.24, 2.45) is 5.41 Å². The van der Waals surface area contributed by atoms with E-state index in [-0.39, 0.29) is 11.2 Å². The average Bonchev–Trinajstić information content (AvgIpc) is 2.54. The zero-order valence-electron chi connectivity index (χ0n) is 15.4. The molecule has 1 aromatic rings. The Hall–Kier alpha value is -1.45. The van der Waals surface area contributed by atoms with Crippen molar-refractivity contribution in [2.75, 3.05) is 39.8 Å². The Morgan fingerprint density at radius 1 is 1.09 bits per heavy atom. The van der Waals surface area contributed by atoms with Gasteiger partial charge in [-0.25, -0.2) is 0 Å². The second-order valence-corrected chi connectivity index (χ2v) is 6.76. The first-order valence-corrected chi connectivity index (χ1v) is 8.57. The lowest BCUT2D eigenvalue weighted by Crippen LogP contribution is -2.40. The second kappa shape index (κ2) is 9.64. The highest BCUT2D eigenvalue weighted by molar-refractivity contribution is 5.97. The second-order valence-electron chi connectivity index (χ2n) is 6.76. The van der Waals surface area contributed by atoms with Crippen LogP contribution in [-0.2, 0) is 4.79 Å². The molecule has 128 valence electrons. The Bertz CT molecular complexity index is 490. The van der Waals surface area contributed by atoms with Gasteiger partial charge in [0.2, 0.25) is 0 Å². The summed E-state index contributed by atoms with van der Waals surface area (Å²) < 4.78 is 0. The molecule has 0 radical (unpaired) electrons. The van der Waals surface area contributed by atoms with E-state index in [0.717, 1.165) is 38.3 Å². The molecule has 0 aromatic heterocycles. The number of hydrogen-bond acceptors (Lipinski definition) is 3. The van der Waals surface area contributed by atoms with Crippen molar-refractivity contribution in [3.8, 4) is 0 Å². The number of rotatable bonds is 10. The van der Waals surface area contributed by atoms with Crippen LogP contribution in [0.3, 0.4) is 0 Å². The molecule has 0 N–H and O–H groups in total. The Morgan fingerprint density at radius 3 is 2.26 bits per heavy atom. The van der Waals surface area contributed by atoms with E-state index in [1.807, 2.05) is 50.3 Å². The maximum atomic E-state index is 12.5. The van der Waals surface area contributed by atoms with Gasteiger partial charge >= 0.3 is 0 Å². The van der Waals surface area contributed by atoms with Crippen molar-refractivity contribution in [3.05, 3.63) is 42.0 Å². The number of hydrogen-bond donors (Lipinski definition) is 0. The predicted molar refractivity (Wildman–Crippen MR) is 99.5 cm³/mol. The van der Waals surface area contributed by atoms with Gasteiger partial charge in [0.05, 0.1) is 0 Å². The van der Waals surface area contributed by atoms with Crippen LogP contribution in [0, 0.1) is 5.41 Å². The first-order chi connectivity index (χ1) is 10.9. The maximum absolute atomic E-state index is 12.5. The normalized spacial score (nSPS) is 12.5. The third kappa shape index (κ3) is 7.10. The fraction of sp³-hybridized carbons (Fsp3) is 0.550. The molecule has 0 aliphatic rings. The van der Waals surface area contributed by atoms with Crippen LogP contribution in [0.4, 0.5) is 0 Å². The Kier molecular flexibility index (Phi) is 8.21. The smallest absolute Gasteiger partial charge is 0.162 e. The summed E-state index contributed by atoms with van der Waals surface area (Å²) in [7, 11) is 2.10. The van der Waals surface area contributed by atoms with Crippen molar-refractivity contribution in [1.29, 1.82) is 0 Å². The molecule has 3 nitrogen and oxygen atoms in total. The van der Waals surface area contributed by atoms with Crippen LogP contribution in [0.1, 0.15) is 33.3 Å². The molecule has 3 heteroatoms. The largest absolute Gasteiger partial charge is 0.304 e. The lowest BCUT2D eigenvalue weighted by molar-refractivity contribution is -0.122. The molecule has 0 heterocycles. The van der Waals surface area contributed by atoms with Crippen LogP contribution < -0.4 is 0 Å². The molecule has 0 amide bonds. The van der Waals surface area contributed by atoms with Crippen LogP contribution in [0.15, 0.2) is 36.4 Å². The number of carbonyl (C=O) groups excluding carboxylic acids is 1. The van der Waals surface area contributed by atoms with Gasteiger partial charge in [0.25, 0.3) is 0 Å². The van der Waals surface area contributed by atoms with Gasteiger partial charge in [-0.2, -0.15) is 0 Å². The molecule has 0 aliphatic carbocycles. The molecular formula is C20H32N2O. The molecule has 0 atom stereocenters. The summed E-state index contributed by atoms with van der Waals surface area (Å²) in [4.78, 5) is 17.2. The fourth-order valence-corrected chi connectivity index (χ4v) is 2.65. The van der Waals surface area contributed by atoms with Crippen molar-refractivity contribution < 1.29 is 4.79 Å². The van der Waals surface area contributed by atoms with Gasteiger partial charge in [-0.05, 0) is 31.8 Å². The van der Waals surface area contributed by atoms with Gasteiger partial charge in [-0.3, -0.25) is 4.79 Å². The molecular weight excluding hydrogens is 284 g/mol. The molecule has 0 saturated carbocycles. The third-order valence-corrected chi connectivity index (χ3v) is 4.25. The Morgan fingerprint density at radius 2 is 1.70 bits per heavy atom. The SMILES string of the molecule is CCN(CC)CCN(C)CC(C)(C)C(=O)/C=C/c1ccccc1. The maximum Gasteiger partial charge on any atom is 0.162 e. The molecule has 0 unspecified atom stereocenters. The predicted octanol–water partition coefficient (Wildman–Crippen LogP) is 3.57. The summed E-state index contributed by atoms with van der Waals surface area (Å²) in [5.41, 5.74) is 0.690. The minimum Gasteiger partial charge on any atom is -0.304 e. The van der Waals surface area contributed by atoms with Gasteiger partial charge in [0.15, 0.2) is 5.78 Å². The van der Waals surface area contributed by atoms with Gasteiger partial charge in [0.1, 0.15) is 0 Å². The van der Waals surface area contributed by atoms with Gasteiger partial charge in [0, 0.05) is 25.0 Å². The van der Waals surface area contributed by atoms with Crippen LogP contribution in [0.2, 0.25) is 0 Å². The first-order valence-electron chi connectivity index (χ1n) is 8.57. The lowest BCUT2D eigenvalue weighted by Gasteiger charge is -2.29. The Labute approximate surface area is 142 Å². The van der Waals surface area contributed by atoms with Crippen LogP contribution in [0.25, 0.3) is 6.08 Å². The molecule has 0 aliphatic heterocycles. The number of ketones is 1. The number of carbonyl (C=O) groups is 1. The van der Waals surface area contributed by atoms with Crippen molar-refractivity contribution in [2.45, 2.75) is 27.7 Å². The molecule has 1 aromatic carbocycles. The van der Waals surface area contributed by atoms with Gasteiger partial charge in [-0.1, -0.05) is 64.1 Å². The fourth-order valence-electron chi connectivity index (χ4n) is 2.65. The summed E-state index contributed by atoms with van der Waals surface area (Å²) in [6.45, 7) is 13.4. The number of nitrogens with zero attached hydrogens (tertiary/aromatic N) is 2. The minimum absolute atomic E-state index is 0.177. The standard InChI is InChI=1S/C20H32N2O/c1-6-22(7-2)16-15-21(5)17-20(3,4)19(23)14-13-18-11-9-8-10-12-18/h8-14H,6-7,15-17H2,1-5H3/b14-13+. The summed E-state index contributed by atoms with van der Waals surface area (Å²) in [5, 5.41) is 0. The summed E-state index contributed by atoms with van der Waals surface area (Å²) in [6, 6.07) is 9.96. The molecule has 0 fully saturated rings. The quantitative estimate of drug-likeness (QED) is 0.617. The summed E-state index contributed by atoms with van der Waals surface area (Å²) in [6.07, 6.45) is 3.62. The first kappa shape index (κ1) is 19.6. The van der Waals surface area contributed by atoms with E-state index >= 15 is 0 Å². The number of benzene rings is 1. The van der Waals surface area contributed by atoms with E-state index in [9.17, 15) is 4.79 Å². The third-order valence-electron chi connectivity index (χ3n) is 4.25.